The summed E-state index contributed by atoms with van der Waals surface area (Å²) in [5, 5.41) is 0. The SMILES string of the molecule is c1cnc(C2CCN(c3ccc4nccnc4n3)C2)cn1. The Morgan fingerprint density at radius 2 is 1.90 bits per heavy atom. The van der Waals surface area contributed by atoms with Gasteiger partial charge >= 0.3 is 0 Å². The highest BCUT2D eigenvalue weighted by atomic mass is 15.2. The van der Waals surface area contributed by atoms with Gasteiger partial charge in [0.25, 0.3) is 0 Å². The molecule has 1 aliphatic rings. The Morgan fingerprint density at radius 1 is 1.00 bits per heavy atom. The molecule has 3 aromatic heterocycles. The zero-order valence-corrected chi connectivity index (χ0v) is 11.4. The number of anilines is 1. The van der Waals surface area contributed by atoms with Crippen LogP contribution in [-0.4, -0.2) is 38.0 Å². The second-order valence-electron chi connectivity index (χ2n) is 5.13. The number of hydrogen-bond donors (Lipinski definition) is 0. The second kappa shape index (κ2) is 5.05. The number of hydrogen-bond acceptors (Lipinski definition) is 6. The molecular weight excluding hydrogens is 264 g/mol. The molecule has 4 rings (SSSR count). The van der Waals surface area contributed by atoms with Crippen LogP contribution in [0, 0.1) is 0 Å². The summed E-state index contributed by atoms with van der Waals surface area (Å²) in [4.78, 5) is 24.0. The molecule has 4 heterocycles. The minimum Gasteiger partial charge on any atom is -0.356 e. The van der Waals surface area contributed by atoms with E-state index in [-0.39, 0.29) is 0 Å². The molecule has 104 valence electrons. The maximum atomic E-state index is 4.60. The largest absolute Gasteiger partial charge is 0.356 e. The Balaban J connectivity index is 1.59. The van der Waals surface area contributed by atoms with Crippen LogP contribution in [0.25, 0.3) is 11.2 Å². The van der Waals surface area contributed by atoms with Gasteiger partial charge in [0.15, 0.2) is 5.65 Å². The molecule has 6 nitrogen and oxygen atoms in total. The standard InChI is InChI=1S/C15H14N6/c1-2-14(20-15-12(1)17-6-7-19-15)21-8-3-11(10-21)13-9-16-4-5-18-13/h1-2,4-7,9,11H,3,8,10H2. The molecule has 0 N–H and O–H groups in total. The highest BCUT2D eigenvalue weighted by molar-refractivity contribution is 5.71. The topological polar surface area (TPSA) is 67.7 Å². The molecule has 0 saturated carbocycles. The maximum absolute atomic E-state index is 4.60. The normalized spacial score (nSPS) is 18.3. The molecule has 0 aliphatic carbocycles. The Bertz CT molecular complexity index is 760. The first-order valence-corrected chi connectivity index (χ1v) is 6.99. The first kappa shape index (κ1) is 12.1. The van der Waals surface area contributed by atoms with Crippen LogP contribution in [0.3, 0.4) is 0 Å². The average Bonchev–Trinajstić information content (AvgIpc) is 3.05. The molecule has 0 spiro atoms. The van der Waals surface area contributed by atoms with E-state index in [1.165, 1.54) is 0 Å². The van der Waals surface area contributed by atoms with Gasteiger partial charge < -0.3 is 4.90 Å². The third-order valence-electron chi connectivity index (χ3n) is 3.83. The van der Waals surface area contributed by atoms with Crippen molar-refractivity contribution in [2.75, 3.05) is 18.0 Å². The predicted molar refractivity (Wildman–Crippen MR) is 78.9 cm³/mol. The van der Waals surface area contributed by atoms with Crippen LogP contribution in [0.1, 0.15) is 18.0 Å². The molecular formula is C15H14N6. The number of aromatic nitrogens is 5. The molecule has 0 amide bonds. The minimum absolute atomic E-state index is 0.415. The first-order chi connectivity index (χ1) is 10.4. The lowest BCUT2D eigenvalue weighted by molar-refractivity contribution is 0.737. The van der Waals surface area contributed by atoms with E-state index < -0.39 is 0 Å². The van der Waals surface area contributed by atoms with E-state index in [0.717, 1.165) is 36.5 Å². The van der Waals surface area contributed by atoms with Gasteiger partial charge in [-0.2, -0.15) is 0 Å². The quantitative estimate of drug-likeness (QED) is 0.712. The molecule has 1 atom stereocenters. The zero-order chi connectivity index (χ0) is 14.1. The van der Waals surface area contributed by atoms with Gasteiger partial charge in [-0.05, 0) is 18.6 Å². The molecule has 3 aromatic rings. The van der Waals surface area contributed by atoms with Crippen molar-refractivity contribution in [3.05, 3.63) is 48.8 Å². The van der Waals surface area contributed by atoms with Crippen molar-refractivity contribution in [1.82, 2.24) is 24.9 Å². The lowest BCUT2D eigenvalue weighted by atomic mass is 10.1. The Hall–Kier alpha value is -2.63. The smallest absolute Gasteiger partial charge is 0.180 e. The fourth-order valence-corrected chi connectivity index (χ4v) is 2.75. The Labute approximate surface area is 121 Å². The molecule has 0 radical (unpaired) electrons. The molecule has 21 heavy (non-hydrogen) atoms. The molecule has 1 saturated heterocycles. The van der Waals surface area contributed by atoms with Gasteiger partial charge in [0.2, 0.25) is 0 Å². The van der Waals surface area contributed by atoms with Crippen LogP contribution in [-0.2, 0) is 0 Å². The van der Waals surface area contributed by atoms with E-state index in [9.17, 15) is 0 Å². The number of fused-ring (bicyclic) bond motifs is 1. The number of nitrogens with zero attached hydrogens (tertiary/aromatic N) is 6. The van der Waals surface area contributed by atoms with Crippen LogP contribution in [0.4, 0.5) is 5.82 Å². The fourth-order valence-electron chi connectivity index (χ4n) is 2.75. The van der Waals surface area contributed by atoms with Gasteiger partial charge in [0.05, 0.1) is 5.69 Å². The van der Waals surface area contributed by atoms with Gasteiger partial charge in [-0.15, -0.1) is 0 Å². The lowest BCUT2D eigenvalue weighted by Crippen LogP contribution is -2.20. The van der Waals surface area contributed by atoms with E-state index in [4.69, 9.17) is 0 Å². The van der Waals surface area contributed by atoms with Gasteiger partial charge in [-0.1, -0.05) is 0 Å². The summed E-state index contributed by atoms with van der Waals surface area (Å²) in [5.74, 6) is 1.37. The molecule has 0 bridgehead atoms. The third-order valence-corrected chi connectivity index (χ3v) is 3.83. The van der Waals surface area contributed by atoms with E-state index in [1.54, 1.807) is 24.8 Å². The summed E-state index contributed by atoms with van der Waals surface area (Å²) in [6.07, 6.45) is 9.74. The molecule has 6 heteroatoms. The van der Waals surface area contributed by atoms with Crippen molar-refractivity contribution in [3.63, 3.8) is 0 Å². The molecule has 1 aliphatic heterocycles. The van der Waals surface area contributed by atoms with E-state index in [1.807, 2.05) is 18.3 Å². The van der Waals surface area contributed by atoms with Crippen molar-refractivity contribution in [2.24, 2.45) is 0 Å². The number of rotatable bonds is 2. The second-order valence-corrected chi connectivity index (χ2v) is 5.13. The monoisotopic (exact) mass is 278 g/mol. The zero-order valence-electron chi connectivity index (χ0n) is 11.4. The van der Waals surface area contributed by atoms with Gasteiger partial charge in [-0.3, -0.25) is 15.0 Å². The van der Waals surface area contributed by atoms with Crippen LogP contribution >= 0.6 is 0 Å². The van der Waals surface area contributed by atoms with Crippen molar-refractivity contribution >= 4 is 17.0 Å². The van der Waals surface area contributed by atoms with Crippen LogP contribution < -0.4 is 4.90 Å². The summed E-state index contributed by atoms with van der Waals surface area (Å²) in [6, 6.07) is 3.98. The minimum atomic E-state index is 0.415. The van der Waals surface area contributed by atoms with E-state index >= 15 is 0 Å². The maximum Gasteiger partial charge on any atom is 0.180 e. The highest BCUT2D eigenvalue weighted by Crippen LogP contribution is 2.28. The van der Waals surface area contributed by atoms with Crippen molar-refractivity contribution in [1.29, 1.82) is 0 Å². The third kappa shape index (κ3) is 2.29. The average molecular weight is 278 g/mol. The number of pyridine rings is 1. The highest BCUT2D eigenvalue weighted by Gasteiger charge is 2.26. The summed E-state index contributed by atoms with van der Waals surface area (Å²) < 4.78 is 0. The van der Waals surface area contributed by atoms with Crippen molar-refractivity contribution in [3.8, 4) is 0 Å². The van der Waals surface area contributed by atoms with Crippen LogP contribution in [0.5, 0.6) is 0 Å². The van der Waals surface area contributed by atoms with Crippen molar-refractivity contribution in [2.45, 2.75) is 12.3 Å². The fraction of sp³-hybridized carbons (Fsp3) is 0.267. The summed E-state index contributed by atoms with van der Waals surface area (Å²) in [5.41, 5.74) is 2.57. The Morgan fingerprint density at radius 3 is 2.81 bits per heavy atom. The summed E-state index contributed by atoms with van der Waals surface area (Å²) in [6.45, 7) is 1.89. The van der Waals surface area contributed by atoms with E-state index in [2.05, 4.69) is 29.8 Å². The molecule has 0 aromatic carbocycles. The van der Waals surface area contributed by atoms with Gasteiger partial charge in [0.1, 0.15) is 11.3 Å². The summed E-state index contributed by atoms with van der Waals surface area (Å²) >= 11 is 0. The van der Waals surface area contributed by atoms with Crippen LogP contribution in [0.15, 0.2) is 43.1 Å². The molecule has 1 fully saturated rings. The summed E-state index contributed by atoms with van der Waals surface area (Å²) in [7, 11) is 0. The van der Waals surface area contributed by atoms with Crippen LogP contribution in [0.2, 0.25) is 0 Å². The predicted octanol–water partition coefficient (Wildman–Crippen LogP) is 1.81. The van der Waals surface area contributed by atoms with Gasteiger partial charge in [0, 0.05) is 50.0 Å². The molecule has 1 unspecified atom stereocenters. The van der Waals surface area contributed by atoms with E-state index in [0.29, 0.717) is 11.6 Å². The van der Waals surface area contributed by atoms with Crippen molar-refractivity contribution < 1.29 is 0 Å². The lowest BCUT2D eigenvalue weighted by Gasteiger charge is -2.17. The van der Waals surface area contributed by atoms with Gasteiger partial charge in [-0.25, -0.2) is 9.97 Å². The Kier molecular flexibility index (Phi) is 2.92. The first-order valence-electron chi connectivity index (χ1n) is 6.99.